The lowest BCUT2D eigenvalue weighted by atomic mass is 10.1. The van der Waals surface area contributed by atoms with Gasteiger partial charge in [-0.1, -0.05) is 23.4 Å². The topological polar surface area (TPSA) is 98.2 Å². The number of hydrogen-bond acceptors (Lipinski definition) is 7. The van der Waals surface area contributed by atoms with Crippen molar-refractivity contribution in [2.24, 2.45) is 0 Å². The molecule has 8 nitrogen and oxygen atoms in total. The highest BCUT2D eigenvalue weighted by molar-refractivity contribution is 7.13. The Kier molecular flexibility index (Phi) is 5.24. The molecule has 5 aromatic rings. The van der Waals surface area contributed by atoms with Crippen molar-refractivity contribution in [2.45, 2.75) is 26.7 Å². The molecular formula is C23H20N6O2S. The van der Waals surface area contributed by atoms with E-state index in [1.165, 1.54) is 0 Å². The Hall–Kier alpha value is -3.85. The van der Waals surface area contributed by atoms with Crippen molar-refractivity contribution in [3.63, 3.8) is 0 Å². The molecule has 0 atom stereocenters. The van der Waals surface area contributed by atoms with Crippen molar-refractivity contribution in [3.05, 3.63) is 70.9 Å². The van der Waals surface area contributed by atoms with Crippen LogP contribution >= 0.6 is 11.3 Å². The van der Waals surface area contributed by atoms with Crippen LogP contribution in [0.3, 0.4) is 0 Å². The maximum Gasteiger partial charge on any atom is 0.224 e. The zero-order valence-electron chi connectivity index (χ0n) is 17.6. The number of rotatable bonds is 6. The molecule has 0 unspecified atom stereocenters. The Morgan fingerprint density at radius 3 is 2.81 bits per heavy atom. The molecule has 0 saturated carbocycles. The summed E-state index contributed by atoms with van der Waals surface area (Å²) in [5.41, 5.74) is 4.87. The molecule has 160 valence electrons. The maximum atomic E-state index is 12.5. The highest BCUT2D eigenvalue weighted by Gasteiger charge is 2.13. The van der Waals surface area contributed by atoms with Crippen LogP contribution in [0, 0.1) is 13.8 Å². The Morgan fingerprint density at radius 1 is 1.12 bits per heavy atom. The Labute approximate surface area is 187 Å². The summed E-state index contributed by atoms with van der Waals surface area (Å²) in [5, 5.41) is 22.1. The van der Waals surface area contributed by atoms with Gasteiger partial charge in [0.05, 0.1) is 16.3 Å². The number of benzene rings is 1. The normalized spacial score (nSPS) is 11.2. The van der Waals surface area contributed by atoms with E-state index in [0.717, 1.165) is 38.8 Å². The Bertz CT molecular complexity index is 1380. The predicted octanol–water partition coefficient (Wildman–Crippen LogP) is 4.70. The summed E-state index contributed by atoms with van der Waals surface area (Å²) in [5.74, 6) is 1.40. The zero-order chi connectivity index (χ0) is 22.1. The number of carbonyl (C=O) groups excluding carboxylic acids is 1. The largest absolute Gasteiger partial charge is 0.361 e. The van der Waals surface area contributed by atoms with Crippen LogP contribution in [0.4, 0.5) is 5.69 Å². The number of thiophene rings is 1. The second-order valence-electron chi connectivity index (χ2n) is 7.42. The first-order valence-corrected chi connectivity index (χ1v) is 11.0. The quantitative estimate of drug-likeness (QED) is 0.408. The molecular weight excluding hydrogens is 424 g/mol. The molecule has 0 aliphatic heterocycles. The zero-order valence-corrected chi connectivity index (χ0v) is 18.4. The summed E-state index contributed by atoms with van der Waals surface area (Å²) < 4.78 is 6.91. The smallest absolute Gasteiger partial charge is 0.224 e. The first kappa shape index (κ1) is 20.1. The highest BCUT2D eigenvalue weighted by atomic mass is 32.1. The number of anilines is 1. The first-order valence-electron chi connectivity index (χ1n) is 10.2. The van der Waals surface area contributed by atoms with Gasteiger partial charge in [-0.05, 0) is 56.0 Å². The minimum absolute atomic E-state index is 0.0654. The SMILES string of the molecule is Cc1noc(C)c1CCC(=O)Nc1cccc(-c2ccc3nnc(-c4cccs4)n3n2)c1. The summed E-state index contributed by atoms with van der Waals surface area (Å²) in [4.78, 5) is 13.5. The summed E-state index contributed by atoms with van der Waals surface area (Å²) in [6, 6.07) is 15.4. The van der Waals surface area contributed by atoms with E-state index in [-0.39, 0.29) is 5.91 Å². The first-order chi connectivity index (χ1) is 15.6. The molecule has 1 aromatic carbocycles. The van der Waals surface area contributed by atoms with Crippen molar-refractivity contribution in [1.82, 2.24) is 25.0 Å². The van der Waals surface area contributed by atoms with E-state index in [4.69, 9.17) is 9.62 Å². The van der Waals surface area contributed by atoms with Crippen LogP contribution < -0.4 is 5.32 Å². The number of fused-ring (bicyclic) bond motifs is 1. The average molecular weight is 445 g/mol. The molecule has 1 N–H and O–H groups in total. The lowest BCUT2D eigenvalue weighted by Crippen LogP contribution is -2.12. The van der Waals surface area contributed by atoms with E-state index in [1.54, 1.807) is 15.9 Å². The number of aryl methyl sites for hydroxylation is 2. The van der Waals surface area contributed by atoms with Gasteiger partial charge in [-0.15, -0.1) is 21.5 Å². The van der Waals surface area contributed by atoms with E-state index in [9.17, 15) is 4.79 Å². The number of nitrogens with one attached hydrogen (secondary N) is 1. The van der Waals surface area contributed by atoms with Crippen molar-refractivity contribution in [1.29, 1.82) is 0 Å². The van der Waals surface area contributed by atoms with E-state index >= 15 is 0 Å². The fraction of sp³-hybridized carbons (Fsp3) is 0.174. The summed E-state index contributed by atoms with van der Waals surface area (Å²) in [7, 11) is 0. The molecule has 1 amide bonds. The molecule has 9 heteroatoms. The molecule has 4 aromatic heterocycles. The van der Waals surface area contributed by atoms with Gasteiger partial charge >= 0.3 is 0 Å². The van der Waals surface area contributed by atoms with Gasteiger partial charge in [0, 0.05) is 23.2 Å². The van der Waals surface area contributed by atoms with E-state index in [2.05, 4.69) is 20.7 Å². The predicted molar refractivity (Wildman–Crippen MR) is 122 cm³/mol. The second kappa shape index (κ2) is 8.35. The van der Waals surface area contributed by atoms with Gasteiger partial charge in [0.1, 0.15) is 5.76 Å². The number of nitrogens with zero attached hydrogens (tertiary/aromatic N) is 5. The average Bonchev–Trinajstić information content (AvgIpc) is 3.53. The van der Waals surface area contributed by atoms with Gasteiger partial charge in [-0.25, -0.2) is 0 Å². The molecule has 0 aliphatic rings. The van der Waals surface area contributed by atoms with E-state index in [0.29, 0.717) is 24.3 Å². The van der Waals surface area contributed by atoms with Crippen LogP contribution in [0.5, 0.6) is 0 Å². The van der Waals surface area contributed by atoms with Crippen LogP contribution in [0.2, 0.25) is 0 Å². The lowest BCUT2D eigenvalue weighted by molar-refractivity contribution is -0.116. The molecule has 32 heavy (non-hydrogen) atoms. The number of aromatic nitrogens is 5. The van der Waals surface area contributed by atoms with Crippen molar-refractivity contribution in [3.8, 4) is 22.0 Å². The second-order valence-corrected chi connectivity index (χ2v) is 8.37. The van der Waals surface area contributed by atoms with Gasteiger partial charge in [-0.3, -0.25) is 4.79 Å². The molecule has 0 spiro atoms. The molecule has 0 radical (unpaired) electrons. The van der Waals surface area contributed by atoms with Crippen LogP contribution in [0.25, 0.3) is 27.6 Å². The third-order valence-corrected chi connectivity index (χ3v) is 6.10. The Balaban J connectivity index is 1.35. The monoisotopic (exact) mass is 444 g/mol. The molecule has 0 fully saturated rings. The van der Waals surface area contributed by atoms with Crippen molar-refractivity contribution < 1.29 is 9.32 Å². The van der Waals surface area contributed by atoms with Gasteiger partial charge in [-0.2, -0.15) is 9.61 Å². The summed E-state index contributed by atoms with van der Waals surface area (Å²) in [6.45, 7) is 3.75. The molecule has 4 heterocycles. The molecule has 5 rings (SSSR count). The molecule has 0 aliphatic carbocycles. The number of carbonyl (C=O) groups is 1. The number of hydrogen-bond donors (Lipinski definition) is 1. The lowest BCUT2D eigenvalue weighted by Gasteiger charge is -2.08. The third kappa shape index (κ3) is 3.90. The van der Waals surface area contributed by atoms with Gasteiger partial charge in [0.2, 0.25) is 5.91 Å². The minimum atomic E-state index is -0.0654. The van der Waals surface area contributed by atoms with E-state index < -0.39 is 0 Å². The van der Waals surface area contributed by atoms with Crippen LogP contribution in [-0.2, 0) is 11.2 Å². The molecule has 0 bridgehead atoms. The highest BCUT2D eigenvalue weighted by Crippen LogP contribution is 2.25. The van der Waals surface area contributed by atoms with Gasteiger partial charge in [0.25, 0.3) is 0 Å². The fourth-order valence-corrected chi connectivity index (χ4v) is 4.27. The van der Waals surface area contributed by atoms with Crippen molar-refractivity contribution >= 4 is 28.6 Å². The van der Waals surface area contributed by atoms with E-state index in [1.807, 2.05) is 67.8 Å². The summed E-state index contributed by atoms with van der Waals surface area (Å²) in [6.07, 6.45) is 0.937. The van der Waals surface area contributed by atoms with Gasteiger partial charge < -0.3 is 9.84 Å². The van der Waals surface area contributed by atoms with Crippen LogP contribution in [0.15, 0.2) is 58.4 Å². The summed E-state index contributed by atoms with van der Waals surface area (Å²) >= 11 is 1.59. The number of amides is 1. The van der Waals surface area contributed by atoms with Crippen LogP contribution in [0.1, 0.15) is 23.4 Å². The standard InChI is InChI=1S/C23H20N6O2S/c1-14-18(15(2)31-28-14)8-11-22(30)24-17-6-3-5-16(13-17)19-9-10-21-25-26-23(29(21)27-19)20-7-4-12-32-20/h3-7,9-10,12-13H,8,11H2,1-2H3,(H,24,30). The van der Waals surface area contributed by atoms with Crippen LogP contribution in [-0.4, -0.2) is 30.9 Å². The minimum Gasteiger partial charge on any atom is -0.361 e. The Morgan fingerprint density at radius 2 is 2.03 bits per heavy atom. The van der Waals surface area contributed by atoms with Gasteiger partial charge in [0.15, 0.2) is 11.5 Å². The fourth-order valence-electron chi connectivity index (χ4n) is 3.58. The third-order valence-electron chi connectivity index (χ3n) is 5.23. The van der Waals surface area contributed by atoms with Crippen molar-refractivity contribution in [2.75, 3.05) is 5.32 Å². The maximum absolute atomic E-state index is 12.5. The molecule has 0 saturated heterocycles.